The molecule has 1 aliphatic rings. The van der Waals surface area contributed by atoms with Crippen LogP contribution in [0.1, 0.15) is 11.1 Å². The Morgan fingerprint density at radius 2 is 1.84 bits per heavy atom. The maximum absolute atomic E-state index is 13.0. The van der Waals surface area contributed by atoms with Crippen molar-refractivity contribution < 1.29 is 9.59 Å². The summed E-state index contributed by atoms with van der Waals surface area (Å²) in [6.45, 7) is 5.95. The van der Waals surface area contributed by atoms with Gasteiger partial charge in [-0.1, -0.05) is 53.7 Å². The molecule has 1 saturated heterocycles. The second-order valence-corrected chi connectivity index (χ2v) is 8.68. The van der Waals surface area contributed by atoms with Crippen LogP contribution in [0.4, 0.5) is 0 Å². The number of para-hydroxylation sites is 1. The molecule has 0 radical (unpaired) electrons. The highest BCUT2D eigenvalue weighted by molar-refractivity contribution is 7.99. The molecule has 3 aromatic rings. The molecular formula is C24H21N3O2S2. The third-order valence-corrected chi connectivity index (χ3v) is 6.63. The highest BCUT2D eigenvalue weighted by atomic mass is 32.2. The van der Waals surface area contributed by atoms with Crippen molar-refractivity contribution in [2.24, 2.45) is 7.05 Å². The van der Waals surface area contributed by atoms with E-state index < -0.39 is 11.8 Å². The molecule has 0 atom stereocenters. The Hall–Kier alpha value is -3.16. The molecule has 156 valence electrons. The predicted molar refractivity (Wildman–Crippen MR) is 129 cm³/mol. The molecule has 31 heavy (non-hydrogen) atoms. The normalized spacial score (nSPS) is 15.6. The van der Waals surface area contributed by atoms with E-state index >= 15 is 0 Å². The van der Waals surface area contributed by atoms with Gasteiger partial charge in [-0.2, -0.15) is 0 Å². The first-order valence-corrected chi connectivity index (χ1v) is 10.9. The van der Waals surface area contributed by atoms with Gasteiger partial charge in [-0.3, -0.25) is 19.8 Å². The van der Waals surface area contributed by atoms with Crippen LogP contribution in [-0.4, -0.2) is 32.9 Å². The lowest BCUT2D eigenvalue weighted by Crippen LogP contribution is -2.53. The third-order valence-electron chi connectivity index (χ3n) is 5.11. The van der Waals surface area contributed by atoms with Crippen LogP contribution in [0.25, 0.3) is 17.0 Å². The number of aromatic nitrogens is 1. The third kappa shape index (κ3) is 3.94. The van der Waals surface area contributed by atoms with Crippen molar-refractivity contribution in [2.75, 3.05) is 6.54 Å². The van der Waals surface area contributed by atoms with Crippen LogP contribution < -0.4 is 5.32 Å². The lowest BCUT2D eigenvalue weighted by molar-refractivity contribution is -0.128. The Kier molecular flexibility index (Phi) is 5.80. The first-order chi connectivity index (χ1) is 14.9. The van der Waals surface area contributed by atoms with E-state index in [4.69, 9.17) is 12.2 Å². The van der Waals surface area contributed by atoms with Crippen LogP contribution in [0.5, 0.6) is 0 Å². The maximum Gasteiger partial charge on any atom is 0.265 e. The summed E-state index contributed by atoms with van der Waals surface area (Å²) in [4.78, 5) is 28.1. The van der Waals surface area contributed by atoms with Gasteiger partial charge in [0.25, 0.3) is 11.8 Å². The quantitative estimate of drug-likeness (QED) is 0.272. The lowest BCUT2D eigenvalue weighted by Gasteiger charge is -2.27. The Bertz CT molecular complexity index is 1260. The van der Waals surface area contributed by atoms with E-state index in [-0.39, 0.29) is 17.2 Å². The standard InChI is InChI=1S/C24H21N3O2S2/c1-4-13-27-22(29)19(21(28)25-24(27)30)14-18-17-7-5-6-8-20(17)26(3)23(18)31-16-11-9-15(2)10-12-16/h4-12,14H,1,13H2,2-3H3,(H,25,28,30)/b19-14+. The van der Waals surface area contributed by atoms with Crippen LogP contribution in [0.3, 0.4) is 0 Å². The average molecular weight is 448 g/mol. The number of hydrogen-bond acceptors (Lipinski definition) is 4. The largest absolute Gasteiger partial charge is 0.338 e. The highest BCUT2D eigenvalue weighted by Gasteiger charge is 2.33. The molecule has 0 spiro atoms. The molecule has 1 aliphatic heterocycles. The maximum atomic E-state index is 13.0. The number of rotatable bonds is 5. The Morgan fingerprint density at radius 3 is 2.55 bits per heavy atom. The van der Waals surface area contributed by atoms with Crippen LogP contribution in [0.15, 0.2) is 76.7 Å². The molecule has 4 rings (SSSR count). The highest BCUT2D eigenvalue weighted by Crippen LogP contribution is 2.38. The summed E-state index contributed by atoms with van der Waals surface area (Å²) in [5, 5.41) is 4.62. The van der Waals surface area contributed by atoms with E-state index in [2.05, 4.69) is 40.7 Å². The minimum absolute atomic E-state index is 0.0533. The van der Waals surface area contributed by atoms with Crippen molar-refractivity contribution in [1.29, 1.82) is 0 Å². The van der Waals surface area contributed by atoms with E-state index in [0.29, 0.717) is 0 Å². The Morgan fingerprint density at radius 1 is 1.13 bits per heavy atom. The lowest BCUT2D eigenvalue weighted by atomic mass is 10.1. The van der Waals surface area contributed by atoms with Gasteiger partial charge in [-0.25, -0.2) is 0 Å². The molecular weight excluding hydrogens is 426 g/mol. The zero-order valence-corrected chi connectivity index (χ0v) is 18.8. The van der Waals surface area contributed by atoms with Crippen molar-refractivity contribution in [3.8, 4) is 0 Å². The Labute approximate surface area is 190 Å². The number of benzene rings is 2. The monoisotopic (exact) mass is 447 g/mol. The molecule has 1 N–H and O–H groups in total. The predicted octanol–water partition coefficient (Wildman–Crippen LogP) is 4.45. The number of nitrogens with zero attached hydrogens (tertiary/aromatic N) is 2. The number of amides is 2. The minimum atomic E-state index is -0.491. The first-order valence-electron chi connectivity index (χ1n) is 9.72. The van der Waals surface area contributed by atoms with Crippen molar-refractivity contribution in [3.63, 3.8) is 0 Å². The summed E-state index contributed by atoms with van der Waals surface area (Å²) in [7, 11) is 1.99. The van der Waals surface area contributed by atoms with E-state index in [9.17, 15) is 9.59 Å². The molecule has 0 unspecified atom stereocenters. The topological polar surface area (TPSA) is 54.3 Å². The van der Waals surface area contributed by atoms with Crippen LogP contribution in [-0.2, 0) is 16.6 Å². The van der Waals surface area contributed by atoms with Crippen LogP contribution in [0.2, 0.25) is 0 Å². The number of hydrogen-bond donors (Lipinski definition) is 1. The molecule has 7 heteroatoms. The van der Waals surface area contributed by atoms with E-state index in [1.165, 1.54) is 10.5 Å². The SMILES string of the molecule is C=CCN1C(=O)/C(=C/c2c(Sc3ccc(C)cc3)n(C)c3ccccc23)C(=O)NC1=S. The molecule has 0 aliphatic carbocycles. The molecule has 5 nitrogen and oxygen atoms in total. The summed E-state index contributed by atoms with van der Waals surface area (Å²) >= 11 is 6.76. The zero-order chi connectivity index (χ0) is 22.1. The van der Waals surface area contributed by atoms with Gasteiger partial charge in [-0.05, 0) is 43.4 Å². The summed E-state index contributed by atoms with van der Waals surface area (Å²) in [6.07, 6.45) is 3.25. The summed E-state index contributed by atoms with van der Waals surface area (Å²) in [5.41, 5.74) is 3.09. The van der Waals surface area contributed by atoms with Gasteiger partial charge in [-0.15, -0.1) is 6.58 Å². The van der Waals surface area contributed by atoms with Crippen LogP contribution >= 0.6 is 24.0 Å². The summed E-state index contributed by atoms with van der Waals surface area (Å²) < 4.78 is 2.09. The van der Waals surface area contributed by atoms with Gasteiger partial charge in [0.15, 0.2) is 5.11 Å². The first kappa shape index (κ1) is 21.1. The number of fused-ring (bicyclic) bond motifs is 1. The Balaban J connectivity index is 1.87. The van der Waals surface area contributed by atoms with Gasteiger partial charge in [0.05, 0.1) is 5.03 Å². The molecule has 2 aromatic carbocycles. The molecule has 0 bridgehead atoms. The van der Waals surface area contributed by atoms with Crippen molar-refractivity contribution >= 4 is 57.9 Å². The smallest absolute Gasteiger partial charge is 0.265 e. The molecule has 0 saturated carbocycles. The van der Waals surface area contributed by atoms with E-state index in [0.717, 1.165) is 26.4 Å². The molecule has 1 aromatic heterocycles. The van der Waals surface area contributed by atoms with Gasteiger partial charge < -0.3 is 4.57 Å². The second-order valence-electron chi connectivity index (χ2n) is 7.23. The van der Waals surface area contributed by atoms with Crippen molar-refractivity contribution in [2.45, 2.75) is 16.8 Å². The molecule has 2 amide bonds. The molecule has 2 heterocycles. The minimum Gasteiger partial charge on any atom is -0.338 e. The fourth-order valence-electron chi connectivity index (χ4n) is 3.51. The number of carbonyl (C=O) groups excluding carboxylic acids is 2. The van der Waals surface area contributed by atoms with Gasteiger partial charge in [0, 0.05) is 35.0 Å². The van der Waals surface area contributed by atoms with Gasteiger partial charge in [0.1, 0.15) is 5.57 Å². The fraction of sp³-hybridized carbons (Fsp3) is 0.125. The van der Waals surface area contributed by atoms with E-state index in [1.807, 2.05) is 38.2 Å². The van der Waals surface area contributed by atoms with Crippen molar-refractivity contribution in [3.05, 3.63) is 77.9 Å². The van der Waals surface area contributed by atoms with Crippen molar-refractivity contribution in [1.82, 2.24) is 14.8 Å². The average Bonchev–Trinajstić information content (AvgIpc) is 3.01. The van der Waals surface area contributed by atoms with Gasteiger partial charge >= 0.3 is 0 Å². The zero-order valence-electron chi connectivity index (χ0n) is 17.2. The van der Waals surface area contributed by atoms with E-state index in [1.54, 1.807) is 23.9 Å². The number of nitrogens with one attached hydrogen (secondary N) is 1. The van der Waals surface area contributed by atoms with Crippen LogP contribution in [0, 0.1) is 6.92 Å². The molecule has 1 fully saturated rings. The van der Waals surface area contributed by atoms with Gasteiger partial charge in [0.2, 0.25) is 0 Å². The summed E-state index contributed by atoms with van der Waals surface area (Å²) in [5.74, 6) is -0.914. The fourth-order valence-corrected chi connectivity index (χ4v) is 4.77. The number of aryl methyl sites for hydroxylation is 2. The number of carbonyl (C=O) groups is 2. The number of thiocarbonyl (C=S) groups is 1. The second kappa shape index (κ2) is 8.53. The summed E-state index contributed by atoms with van der Waals surface area (Å²) in [6, 6.07) is 16.2.